The van der Waals surface area contributed by atoms with Crippen LogP contribution in [0.2, 0.25) is 19.1 Å². The number of hydrogen-bond donors (Lipinski definition) is 0. The highest BCUT2D eigenvalue weighted by Crippen LogP contribution is 2.15. The molecule has 0 radical (unpaired) electrons. The van der Waals surface area contributed by atoms with Crippen molar-refractivity contribution < 1.29 is 4.43 Å². The number of unbranched alkanes of at least 4 members (excludes halogenated alkanes) is 1. The molecule has 0 bridgehead atoms. The third kappa shape index (κ3) is 10.3. The van der Waals surface area contributed by atoms with Crippen molar-refractivity contribution in [1.82, 2.24) is 0 Å². The van der Waals surface area contributed by atoms with Crippen LogP contribution in [0.3, 0.4) is 0 Å². The molecule has 2 heteroatoms. The second-order valence-electron chi connectivity index (χ2n) is 5.41. The fourth-order valence-corrected chi connectivity index (χ4v) is 3.42. The summed E-state index contributed by atoms with van der Waals surface area (Å²) in [7, 11) is -1.37. The third-order valence-corrected chi connectivity index (χ3v) is 5.03. The van der Waals surface area contributed by atoms with E-state index < -0.39 is 8.32 Å². The van der Waals surface area contributed by atoms with Gasteiger partial charge in [0.1, 0.15) is 0 Å². The van der Waals surface area contributed by atoms with Crippen molar-refractivity contribution in [2.45, 2.75) is 65.6 Å². The van der Waals surface area contributed by atoms with Gasteiger partial charge >= 0.3 is 0 Å². The Morgan fingerprint density at radius 3 is 2.44 bits per heavy atom. The summed E-state index contributed by atoms with van der Waals surface area (Å²) in [5.41, 5.74) is 0. The Balaban J connectivity index is 3.59. The maximum Gasteiger partial charge on any atom is 0.186 e. The Kier molecular flexibility index (Phi) is 8.69. The first-order valence-corrected chi connectivity index (χ1v) is 9.69. The van der Waals surface area contributed by atoms with E-state index in [9.17, 15) is 0 Å². The Bertz CT molecular complexity index is 223. The van der Waals surface area contributed by atoms with E-state index >= 15 is 0 Å². The summed E-state index contributed by atoms with van der Waals surface area (Å²) in [5, 5.41) is 0. The van der Waals surface area contributed by atoms with E-state index in [-0.39, 0.29) is 0 Å². The lowest BCUT2D eigenvalue weighted by atomic mass is 10.1. The summed E-state index contributed by atoms with van der Waals surface area (Å²) in [6, 6.07) is 1.28. The largest absolute Gasteiger partial charge is 0.416 e. The highest BCUT2D eigenvalue weighted by molar-refractivity contribution is 6.71. The van der Waals surface area contributed by atoms with Gasteiger partial charge in [-0.1, -0.05) is 33.6 Å². The Labute approximate surface area is 103 Å². The molecule has 0 aromatic rings. The van der Waals surface area contributed by atoms with E-state index in [4.69, 9.17) is 4.43 Å². The van der Waals surface area contributed by atoms with Crippen molar-refractivity contribution in [3.63, 3.8) is 0 Å². The summed E-state index contributed by atoms with van der Waals surface area (Å²) in [4.78, 5) is 0. The van der Waals surface area contributed by atoms with E-state index in [0.29, 0.717) is 5.92 Å². The predicted molar refractivity (Wildman–Crippen MR) is 75.0 cm³/mol. The molecule has 0 aliphatic rings. The molecule has 1 nitrogen and oxygen atoms in total. The monoisotopic (exact) mass is 240 g/mol. The topological polar surface area (TPSA) is 9.23 Å². The van der Waals surface area contributed by atoms with Crippen LogP contribution < -0.4 is 0 Å². The molecule has 94 valence electrons. The van der Waals surface area contributed by atoms with E-state index in [1.165, 1.54) is 18.9 Å². The fourth-order valence-electron chi connectivity index (χ4n) is 1.42. The van der Waals surface area contributed by atoms with Crippen LogP contribution in [-0.4, -0.2) is 14.9 Å². The molecule has 0 unspecified atom stereocenters. The van der Waals surface area contributed by atoms with Gasteiger partial charge in [0.05, 0.1) is 0 Å². The van der Waals surface area contributed by atoms with Crippen molar-refractivity contribution in [2.75, 3.05) is 6.61 Å². The zero-order chi connectivity index (χ0) is 12.4. The molecule has 0 aromatic carbocycles. The van der Waals surface area contributed by atoms with Gasteiger partial charge in [0.15, 0.2) is 8.32 Å². The number of hydrogen-bond acceptors (Lipinski definition) is 1. The molecule has 0 fully saturated rings. The zero-order valence-corrected chi connectivity index (χ0v) is 12.7. The van der Waals surface area contributed by atoms with Crippen molar-refractivity contribution in [3.05, 3.63) is 0 Å². The van der Waals surface area contributed by atoms with Gasteiger partial charge in [-0.25, -0.2) is 0 Å². The Morgan fingerprint density at radius 1 is 1.19 bits per heavy atom. The highest BCUT2D eigenvalue weighted by atomic mass is 28.4. The average molecular weight is 240 g/mol. The van der Waals surface area contributed by atoms with Crippen LogP contribution in [0.4, 0.5) is 0 Å². The molecule has 0 N–H and O–H groups in total. The van der Waals surface area contributed by atoms with Crippen molar-refractivity contribution in [2.24, 2.45) is 5.92 Å². The molecular formula is C14H28OSi. The first-order valence-electron chi connectivity index (χ1n) is 6.57. The minimum absolute atomic E-state index is 0.684. The molecule has 0 aliphatic heterocycles. The first kappa shape index (κ1) is 15.7. The molecule has 0 rings (SSSR count). The standard InChI is InChI=1S/C14H28OSi/c1-6-7-13-16(4,5)15-12-10-8-9-11-14(2)3/h14H,6-7,10-13H2,1-5H3. The van der Waals surface area contributed by atoms with Crippen molar-refractivity contribution in [1.29, 1.82) is 0 Å². The van der Waals surface area contributed by atoms with Crippen molar-refractivity contribution in [3.8, 4) is 11.8 Å². The predicted octanol–water partition coefficient (Wildman–Crippen LogP) is 4.45. The average Bonchev–Trinajstić information content (AvgIpc) is 2.20. The van der Waals surface area contributed by atoms with Crippen LogP contribution in [0.5, 0.6) is 0 Å². The molecule has 0 aliphatic carbocycles. The van der Waals surface area contributed by atoms with Gasteiger partial charge < -0.3 is 4.43 Å². The van der Waals surface area contributed by atoms with Gasteiger partial charge in [-0.15, -0.1) is 11.8 Å². The Hall–Kier alpha value is -0.263. The van der Waals surface area contributed by atoms with Gasteiger partial charge in [-0.05, 0) is 25.1 Å². The second-order valence-corrected chi connectivity index (χ2v) is 9.72. The van der Waals surface area contributed by atoms with Gasteiger partial charge in [0.2, 0.25) is 0 Å². The molecular weight excluding hydrogens is 212 g/mol. The van der Waals surface area contributed by atoms with Crippen LogP contribution in [-0.2, 0) is 4.43 Å². The minimum Gasteiger partial charge on any atom is -0.416 e. The third-order valence-electron chi connectivity index (χ3n) is 2.49. The second kappa shape index (κ2) is 8.84. The van der Waals surface area contributed by atoms with Gasteiger partial charge in [0, 0.05) is 19.4 Å². The van der Waals surface area contributed by atoms with Gasteiger partial charge in [-0.3, -0.25) is 0 Å². The molecule has 0 spiro atoms. The first-order chi connectivity index (χ1) is 7.48. The van der Waals surface area contributed by atoms with Crippen LogP contribution in [0, 0.1) is 17.8 Å². The van der Waals surface area contributed by atoms with Crippen molar-refractivity contribution >= 4 is 8.32 Å². The molecule has 0 saturated carbocycles. The molecule has 0 aromatic heterocycles. The SMILES string of the molecule is CCCC[Si](C)(C)OCCC#CCC(C)C. The Morgan fingerprint density at radius 2 is 1.88 bits per heavy atom. The summed E-state index contributed by atoms with van der Waals surface area (Å²) in [6.45, 7) is 12.1. The summed E-state index contributed by atoms with van der Waals surface area (Å²) < 4.78 is 5.97. The van der Waals surface area contributed by atoms with Crippen LogP contribution in [0.1, 0.15) is 46.5 Å². The molecule has 0 amide bonds. The lowest BCUT2D eigenvalue weighted by Crippen LogP contribution is -2.30. The summed E-state index contributed by atoms with van der Waals surface area (Å²) in [6.07, 6.45) is 4.48. The number of rotatable bonds is 7. The summed E-state index contributed by atoms with van der Waals surface area (Å²) >= 11 is 0. The minimum atomic E-state index is -1.37. The lowest BCUT2D eigenvalue weighted by Gasteiger charge is -2.21. The molecule has 16 heavy (non-hydrogen) atoms. The van der Waals surface area contributed by atoms with E-state index in [2.05, 4.69) is 45.7 Å². The van der Waals surface area contributed by atoms with E-state index in [0.717, 1.165) is 19.4 Å². The maximum atomic E-state index is 5.97. The quantitative estimate of drug-likeness (QED) is 0.363. The van der Waals surface area contributed by atoms with Crippen LogP contribution >= 0.6 is 0 Å². The smallest absolute Gasteiger partial charge is 0.186 e. The normalized spacial score (nSPS) is 11.4. The fraction of sp³-hybridized carbons (Fsp3) is 0.857. The maximum absolute atomic E-state index is 5.97. The van der Waals surface area contributed by atoms with E-state index in [1.54, 1.807) is 0 Å². The van der Waals surface area contributed by atoms with E-state index in [1.807, 2.05) is 0 Å². The van der Waals surface area contributed by atoms with Crippen LogP contribution in [0.25, 0.3) is 0 Å². The lowest BCUT2D eigenvalue weighted by molar-refractivity contribution is 0.315. The molecule has 0 saturated heterocycles. The highest BCUT2D eigenvalue weighted by Gasteiger charge is 2.20. The van der Waals surface area contributed by atoms with Crippen LogP contribution in [0.15, 0.2) is 0 Å². The van der Waals surface area contributed by atoms with Gasteiger partial charge in [0.25, 0.3) is 0 Å². The zero-order valence-electron chi connectivity index (χ0n) is 11.7. The molecule has 0 atom stereocenters. The van der Waals surface area contributed by atoms with Gasteiger partial charge in [-0.2, -0.15) is 0 Å². The summed E-state index contributed by atoms with van der Waals surface area (Å²) in [5.74, 6) is 7.08. The molecule has 0 heterocycles.